The molecule has 0 unspecified atom stereocenters. The quantitative estimate of drug-likeness (QED) is 0.362. The zero-order valence-corrected chi connectivity index (χ0v) is 5.39. The maximum Gasteiger partial charge on any atom is 0.266 e. The van der Waals surface area contributed by atoms with Gasteiger partial charge in [0.1, 0.15) is 0 Å². The van der Waals surface area contributed by atoms with Gasteiger partial charge in [-0.1, -0.05) is 5.92 Å². The molecule has 0 aromatic rings. The SMILES string of the molecule is CC#CC1=CC(=O)NC1=O. The first kappa shape index (κ1) is 6.56. The lowest BCUT2D eigenvalue weighted by molar-refractivity contribution is -0.123. The molecule has 3 nitrogen and oxygen atoms in total. The highest BCUT2D eigenvalue weighted by Gasteiger charge is 2.17. The molecule has 50 valence electrons. The van der Waals surface area contributed by atoms with Crippen LogP contribution in [0.25, 0.3) is 0 Å². The lowest BCUT2D eigenvalue weighted by atomic mass is 10.3. The number of amides is 2. The molecular formula is C7H5NO2. The number of carbonyl (C=O) groups is 2. The Morgan fingerprint density at radius 3 is 2.60 bits per heavy atom. The van der Waals surface area contributed by atoms with Crippen LogP contribution in [-0.4, -0.2) is 11.8 Å². The van der Waals surface area contributed by atoms with Crippen molar-refractivity contribution < 1.29 is 9.59 Å². The van der Waals surface area contributed by atoms with Gasteiger partial charge in [-0.2, -0.15) is 0 Å². The minimum atomic E-state index is -0.403. The summed E-state index contributed by atoms with van der Waals surface area (Å²) in [4.78, 5) is 21.1. The summed E-state index contributed by atoms with van der Waals surface area (Å²) >= 11 is 0. The van der Waals surface area contributed by atoms with Gasteiger partial charge in [-0.3, -0.25) is 14.9 Å². The van der Waals surface area contributed by atoms with Crippen molar-refractivity contribution in [3.8, 4) is 11.8 Å². The van der Waals surface area contributed by atoms with Crippen molar-refractivity contribution in [3.63, 3.8) is 0 Å². The Morgan fingerprint density at radius 1 is 1.50 bits per heavy atom. The third-order valence-corrected chi connectivity index (χ3v) is 1.02. The molecule has 0 bridgehead atoms. The molecule has 1 N–H and O–H groups in total. The molecule has 10 heavy (non-hydrogen) atoms. The molecule has 1 heterocycles. The summed E-state index contributed by atoms with van der Waals surface area (Å²) < 4.78 is 0. The third-order valence-electron chi connectivity index (χ3n) is 1.02. The van der Waals surface area contributed by atoms with E-state index in [1.165, 1.54) is 6.08 Å². The van der Waals surface area contributed by atoms with Crippen LogP contribution in [0, 0.1) is 11.8 Å². The molecule has 0 fully saturated rings. The van der Waals surface area contributed by atoms with Gasteiger partial charge in [0.05, 0.1) is 5.57 Å². The van der Waals surface area contributed by atoms with E-state index in [4.69, 9.17) is 0 Å². The Morgan fingerprint density at radius 2 is 2.20 bits per heavy atom. The highest BCUT2D eigenvalue weighted by molar-refractivity contribution is 6.18. The lowest BCUT2D eigenvalue weighted by Gasteiger charge is -1.84. The maximum atomic E-state index is 10.7. The second-order valence-electron chi connectivity index (χ2n) is 1.75. The van der Waals surface area contributed by atoms with Gasteiger partial charge in [-0.25, -0.2) is 0 Å². The van der Waals surface area contributed by atoms with Gasteiger partial charge in [-0.05, 0) is 6.92 Å². The monoisotopic (exact) mass is 135 g/mol. The van der Waals surface area contributed by atoms with Gasteiger partial charge in [0, 0.05) is 6.08 Å². The van der Waals surface area contributed by atoms with Crippen LogP contribution in [0.1, 0.15) is 6.92 Å². The van der Waals surface area contributed by atoms with E-state index in [1.807, 2.05) is 0 Å². The molecule has 1 aliphatic rings. The Kier molecular flexibility index (Phi) is 1.55. The zero-order valence-electron chi connectivity index (χ0n) is 5.39. The summed E-state index contributed by atoms with van der Waals surface area (Å²) in [6, 6.07) is 0. The molecule has 0 spiro atoms. The summed E-state index contributed by atoms with van der Waals surface area (Å²) in [6.07, 6.45) is 1.19. The van der Waals surface area contributed by atoms with Crippen molar-refractivity contribution in [1.29, 1.82) is 0 Å². The van der Waals surface area contributed by atoms with Crippen LogP contribution in [0.5, 0.6) is 0 Å². The Hall–Kier alpha value is -1.56. The van der Waals surface area contributed by atoms with E-state index in [0.29, 0.717) is 0 Å². The number of carbonyl (C=O) groups excluding carboxylic acids is 2. The summed E-state index contributed by atoms with van der Waals surface area (Å²) in [5, 5.41) is 2.08. The average molecular weight is 135 g/mol. The average Bonchev–Trinajstić information content (AvgIpc) is 2.13. The van der Waals surface area contributed by atoms with Crippen LogP contribution in [-0.2, 0) is 9.59 Å². The molecular weight excluding hydrogens is 130 g/mol. The van der Waals surface area contributed by atoms with Crippen molar-refractivity contribution in [2.75, 3.05) is 0 Å². The Bertz CT molecular complexity index is 278. The largest absolute Gasteiger partial charge is 0.288 e. The number of rotatable bonds is 0. The second-order valence-corrected chi connectivity index (χ2v) is 1.75. The smallest absolute Gasteiger partial charge is 0.266 e. The summed E-state index contributed by atoms with van der Waals surface area (Å²) in [7, 11) is 0. The van der Waals surface area contributed by atoms with Crippen LogP contribution in [0.4, 0.5) is 0 Å². The highest BCUT2D eigenvalue weighted by atomic mass is 16.2. The van der Waals surface area contributed by atoms with E-state index in [2.05, 4.69) is 17.2 Å². The first-order valence-corrected chi connectivity index (χ1v) is 2.74. The van der Waals surface area contributed by atoms with E-state index in [1.54, 1.807) is 6.92 Å². The summed E-state index contributed by atoms with van der Waals surface area (Å²) in [5.74, 6) is 4.24. The van der Waals surface area contributed by atoms with E-state index in [0.717, 1.165) is 0 Å². The molecule has 0 atom stereocenters. The number of nitrogens with one attached hydrogen (secondary N) is 1. The molecule has 0 saturated heterocycles. The Balaban J connectivity index is 2.92. The van der Waals surface area contributed by atoms with Crippen LogP contribution in [0.2, 0.25) is 0 Å². The standard InChI is InChI=1S/C7H5NO2/c1-2-3-5-4-6(9)8-7(5)10/h4H,1H3,(H,8,9,10). The van der Waals surface area contributed by atoms with E-state index in [-0.39, 0.29) is 11.5 Å². The van der Waals surface area contributed by atoms with E-state index in [9.17, 15) is 9.59 Å². The topological polar surface area (TPSA) is 46.2 Å². The minimum Gasteiger partial charge on any atom is -0.288 e. The maximum absolute atomic E-state index is 10.7. The van der Waals surface area contributed by atoms with Gasteiger partial charge in [-0.15, -0.1) is 5.92 Å². The first-order chi connectivity index (χ1) is 4.74. The number of imide groups is 1. The molecule has 0 radical (unpaired) electrons. The fraction of sp³-hybridized carbons (Fsp3) is 0.143. The molecule has 0 aromatic heterocycles. The predicted molar refractivity (Wildman–Crippen MR) is 34.7 cm³/mol. The Labute approximate surface area is 58.1 Å². The summed E-state index contributed by atoms with van der Waals surface area (Å²) in [5.41, 5.74) is 0.243. The molecule has 3 heteroatoms. The molecule has 1 rings (SSSR count). The zero-order chi connectivity index (χ0) is 7.56. The van der Waals surface area contributed by atoms with Gasteiger partial charge in [0.2, 0.25) is 0 Å². The van der Waals surface area contributed by atoms with Gasteiger partial charge in [0.15, 0.2) is 0 Å². The van der Waals surface area contributed by atoms with E-state index < -0.39 is 5.91 Å². The number of hydrogen-bond acceptors (Lipinski definition) is 2. The third kappa shape index (κ3) is 1.06. The van der Waals surface area contributed by atoms with Crippen molar-refractivity contribution in [1.82, 2.24) is 5.32 Å². The van der Waals surface area contributed by atoms with Crippen molar-refractivity contribution in [2.24, 2.45) is 0 Å². The molecule has 0 aliphatic carbocycles. The van der Waals surface area contributed by atoms with E-state index >= 15 is 0 Å². The second kappa shape index (κ2) is 2.36. The van der Waals surface area contributed by atoms with Gasteiger partial charge < -0.3 is 0 Å². The lowest BCUT2D eigenvalue weighted by Crippen LogP contribution is -2.21. The fourth-order valence-electron chi connectivity index (χ4n) is 0.639. The van der Waals surface area contributed by atoms with Crippen molar-refractivity contribution in [2.45, 2.75) is 6.92 Å². The molecule has 0 saturated carbocycles. The van der Waals surface area contributed by atoms with Gasteiger partial charge >= 0.3 is 0 Å². The van der Waals surface area contributed by atoms with Crippen LogP contribution < -0.4 is 5.32 Å². The van der Waals surface area contributed by atoms with Gasteiger partial charge in [0.25, 0.3) is 11.8 Å². The van der Waals surface area contributed by atoms with Crippen LogP contribution >= 0.6 is 0 Å². The molecule has 0 aromatic carbocycles. The normalized spacial score (nSPS) is 15.5. The predicted octanol–water partition coefficient (Wildman–Crippen LogP) is -0.408. The fourth-order valence-corrected chi connectivity index (χ4v) is 0.639. The van der Waals surface area contributed by atoms with Crippen LogP contribution in [0.3, 0.4) is 0 Å². The molecule has 2 amide bonds. The van der Waals surface area contributed by atoms with Crippen molar-refractivity contribution >= 4 is 11.8 Å². The first-order valence-electron chi connectivity index (χ1n) is 2.74. The highest BCUT2D eigenvalue weighted by Crippen LogP contribution is 1.98. The minimum absolute atomic E-state index is 0.243. The van der Waals surface area contributed by atoms with Crippen LogP contribution in [0.15, 0.2) is 11.6 Å². The number of hydrogen-bond donors (Lipinski definition) is 1. The molecule has 1 aliphatic heterocycles. The van der Waals surface area contributed by atoms with Crippen molar-refractivity contribution in [3.05, 3.63) is 11.6 Å². The summed E-state index contributed by atoms with van der Waals surface area (Å²) in [6.45, 7) is 1.61.